The summed E-state index contributed by atoms with van der Waals surface area (Å²) < 4.78 is 39.4. The van der Waals surface area contributed by atoms with E-state index in [0.29, 0.717) is 23.7 Å². The molecule has 0 saturated carbocycles. The third kappa shape index (κ3) is 5.91. The molecule has 0 saturated heterocycles. The van der Waals surface area contributed by atoms with Gasteiger partial charge in [-0.15, -0.1) is 11.3 Å². The van der Waals surface area contributed by atoms with Gasteiger partial charge in [-0.3, -0.25) is 4.79 Å². The van der Waals surface area contributed by atoms with Crippen LogP contribution in [0.2, 0.25) is 0 Å². The van der Waals surface area contributed by atoms with Crippen LogP contribution >= 0.6 is 11.3 Å². The molecule has 0 unspecified atom stereocenters. The van der Waals surface area contributed by atoms with Gasteiger partial charge < -0.3 is 19.1 Å². The first kappa shape index (κ1) is 22.5. The fourth-order valence-corrected chi connectivity index (χ4v) is 3.73. The molecule has 0 N–H and O–H groups in total. The zero-order valence-electron chi connectivity index (χ0n) is 17.3. The van der Waals surface area contributed by atoms with E-state index in [1.54, 1.807) is 38.3 Å². The molecular formula is C22H22F2N2O4S. The van der Waals surface area contributed by atoms with Crippen LogP contribution in [0.4, 0.5) is 8.78 Å². The molecule has 0 aliphatic heterocycles. The summed E-state index contributed by atoms with van der Waals surface area (Å²) in [6.07, 6.45) is 0.160. The molecule has 0 aliphatic carbocycles. The van der Waals surface area contributed by atoms with E-state index in [-0.39, 0.29) is 18.1 Å². The van der Waals surface area contributed by atoms with Gasteiger partial charge >= 0.3 is 6.61 Å². The van der Waals surface area contributed by atoms with Crippen molar-refractivity contribution < 1.29 is 27.8 Å². The number of halogens is 2. The lowest BCUT2D eigenvalue weighted by molar-refractivity contribution is -0.129. The van der Waals surface area contributed by atoms with Crippen LogP contribution in [0.1, 0.15) is 11.3 Å². The van der Waals surface area contributed by atoms with Gasteiger partial charge in [-0.25, -0.2) is 4.98 Å². The molecule has 0 radical (unpaired) electrons. The maximum Gasteiger partial charge on any atom is 0.387 e. The van der Waals surface area contributed by atoms with Gasteiger partial charge in [0, 0.05) is 24.5 Å². The van der Waals surface area contributed by atoms with Crippen LogP contribution in [0.3, 0.4) is 0 Å². The average molecular weight is 448 g/mol. The molecule has 6 nitrogen and oxygen atoms in total. The third-order valence-electron chi connectivity index (χ3n) is 4.51. The summed E-state index contributed by atoms with van der Waals surface area (Å²) in [4.78, 5) is 18.7. The van der Waals surface area contributed by atoms with Crippen molar-refractivity contribution in [2.24, 2.45) is 0 Å². The number of rotatable bonds is 9. The molecule has 164 valence electrons. The van der Waals surface area contributed by atoms with E-state index in [1.165, 1.54) is 23.5 Å². The Labute approximate surface area is 183 Å². The predicted molar refractivity (Wildman–Crippen MR) is 114 cm³/mol. The Morgan fingerprint density at radius 1 is 1.10 bits per heavy atom. The Morgan fingerprint density at radius 3 is 2.45 bits per heavy atom. The van der Waals surface area contributed by atoms with Crippen LogP contribution in [0.15, 0.2) is 47.8 Å². The molecule has 2 aromatic carbocycles. The normalized spacial score (nSPS) is 10.8. The van der Waals surface area contributed by atoms with E-state index in [1.807, 2.05) is 23.6 Å². The molecule has 0 bridgehead atoms. The highest BCUT2D eigenvalue weighted by Gasteiger charge is 2.15. The fraction of sp³-hybridized carbons (Fsp3) is 0.273. The minimum absolute atomic E-state index is 0.0814. The van der Waals surface area contributed by atoms with Crippen molar-refractivity contribution in [3.63, 3.8) is 0 Å². The summed E-state index contributed by atoms with van der Waals surface area (Å²) in [6.45, 7) is -2.52. The molecule has 3 rings (SSSR count). The minimum Gasteiger partial charge on any atom is -0.493 e. The maximum atomic E-state index is 12.6. The number of amides is 1. The van der Waals surface area contributed by atoms with E-state index in [2.05, 4.69) is 9.72 Å². The SMILES string of the molecule is COc1ccc(-c2nc(CC(=O)N(C)Cc3ccc(OC(F)F)cc3)cs2)cc1OC. The monoisotopic (exact) mass is 448 g/mol. The number of benzene rings is 2. The number of aromatic nitrogens is 1. The summed E-state index contributed by atoms with van der Waals surface area (Å²) in [5.74, 6) is 1.22. The first-order valence-electron chi connectivity index (χ1n) is 9.34. The number of nitrogens with zero attached hydrogens (tertiary/aromatic N) is 2. The molecule has 3 aromatic rings. The Morgan fingerprint density at radius 2 is 1.81 bits per heavy atom. The Hall–Kier alpha value is -3.20. The van der Waals surface area contributed by atoms with Gasteiger partial charge in [-0.2, -0.15) is 8.78 Å². The van der Waals surface area contributed by atoms with Crippen molar-refractivity contribution >= 4 is 17.2 Å². The second-order valence-corrected chi connectivity index (χ2v) is 7.52. The Bertz CT molecular complexity index is 1020. The average Bonchev–Trinajstić information content (AvgIpc) is 3.22. The molecule has 0 spiro atoms. The Kier molecular flexibility index (Phi) is 7.41. The highest BCUT2D eigenvalue weighted by Crippen LogP contribution is 2.33. The van der Waals surface area contributed by atoms with Gasteiger partial charge in [0.05, 0.1) is 26.3 Å². The quantitative estimate of drug-likeness (QED) is 0.478. The topological polar surface area (TPSA) is 60.9 Å². The van der Waals surface area contributed by atoms with Gasteiger partial charge in [0.15, 0.2) is 11.5 Å². The second kappa shape index (κ2) is 10.2. The van der Waals surface area contributed by atoms with E-state index in [4.69, 9.17) is 9.47 Å². The standard InChI is InChI=1S/C22H22F2N2O4S/c1-26(12-14-4-7-17(8-5-14)30-22(23)24)20(27)11-16-13-31-21(25-16)15-6-9-18(28-2)19(10-15)29-3/h4-10,13,22H,11-12H2,1-3H3. The minimum atomic E-state index is -2.86. The van der Waals surface area contributed by atoms with Gasteiger partial charge in [-0.1, -0.05) is 12.1 Å². The zero-order valence-corrected chi connectivity index (χ0v) is 18.1. The van der Waals surface area contributed by atoms with Crippen molar-refractivity contribution in [2.45, 2.75) is 19.6 Å². The largest absolute Gasteiger partial charge is 0.493 e. The maximum absolute atomic E-state index is 12.6. The van der Waals surface area contributed by atoms with Crippen molar-refractivity contribution in [1.29, 1.82) is 0 Å². The van der Waals surface area contributed by atoms with E-state index >= 15 is 0 Å². The number of methoxy groups -OCH3 is 2. The summed E-state index contributed by atoms with van der Waals surface area (Å²) in [5, 5.41) is 2.63. The lowest BCUT2D eigenvalue weighted by Crippen LogP contribution is -2.27. The molecule has 31 heavy (non-hydrogen) atoms. The lowest BCUT2D eigenvalue weighted by Gasteiger charge is -2.17. The molecule has 0 fully saturated rings. The van der Waals surface area contributed by atoms with Crippen LogP contribution in [-0.4, -0.2) is 43.7 Å². The number of hydrogen-bond acceptors (Lipinski definition) is 6. The number of carbonyl (C=O) groups is 1. The molecule has 1 amide bonds. The summed E-state index contributed by atoms with van der Waals surface area (Å²) in [6, 6.07) is 11.8. The Balaban J connectivity index is 1.61. The van der Waals surface area contributed by atoms with Crippen LogP contribution in [0.5, 0.6) is 17.2 Å². The van der Waals surface area contributed by atoms with Crippen LogP contribution in [0, 0.1) is 0 Å². The molecule has 1 heterocycles. The van der Waals surface area contributed by atoms with Gasteiger partial charge in [0.1, 0.15) is 10.8 Å². The number of thiazole rings is 1. The van der Waals surface area contributed by atoms with Crippen molar-refractivity contribution in [2.75, 3.05) is 21.3 Å². The van der Waals surface area contributed by atoms with E-state index in [9.17, 15) is 13.6 Å². The lowest BCUT2D eigenvalue weighted by atomic mass is 10.2. The van der Waals surface area contributed by atoms with Crippen LogP contribution in [-0.2, 0) is 17.8 Å². The smallest absolute Gasteiger partial charge is 0.387 e. The third-order valence-corrected chi connectivity index (χ3v) is 5.45. The van der Waals surface area contributed by atoms with Crippen molar-refractivity contribution in [1.82, 2.24) is 9.88 Å². The number of alkyl halides is 2. The van der Waals surface area contributed by atoms with Crippen molar-refractivity contribution in [3.05, 3.63) is 59.1 Å². The van der Waals surface area contributed by atoms with Crippen LogP contribution < -0.4 is 14.2 Å². The predicted octanol–water partition coefficient (Wildman–Crippen LogP) is 4.63. The molecule has 1 aromatic heterocycles. The molecular weight excluding hydrogens is 426 g/mol. The molecule has 0 atom stereocenters. The molecule has 0 aliphatic rings. The van der Waals surface area contributed by atoms with Gasteiger partial charge in [0.25, 0.3) is 0 Å². The number of carbonyl (C=O) groups excluding carboxylic acids is 1. The van der Waals surface area contributed by atoms with Gasteiger partial charge in [0.2, 0.25) is 5.91 Å². The highest BCUT2D eigenvalue weighted by molar-refractivity contribution is 7.13. The first-order chi connectivity index (χ1) is 14.9. The molecule has 9 heteroatoms. The number of ether oxygens (including phenoxy) is 3. The second-order valence-electron chi connectivity index (χ2n) is 6.66. The zero-order chi connectivity index (χ0) is 22.4. The van der Waals surface area contributed by atoms with E-state index < -0.39 is 6.61 Å². The summed E-state index contributed by atoms with van der Waals surface area (Å²) >= 11 is 1.45. The number of likely N-dealkylation sites (N-methyl/N-ethyl adjacent to an activating group) is 1. The first-order valence-corrected chi connectivity index (χ1v) is 10.2. The summed E-state index contributed by atoms with van der Waals surface area (Å²) in [7, 11) is 4.84. The fourth-order valence-electron chi connectivity index (χ4n) is 2.92. The van der Waals surface area contributed by atoms with E-state index in [0.717, 1.165) is 16.1 Å². The van der Waals surface area contributed by atoms with Crippen LogP contribution in [0.25, 0.3) is 10.6 Å². The number of hydrogen-bond donors (Lipinski definition) is 0. The highest BCUT2D eigenvalue weighted by atomic mass is 32.1. The van der Waals surface area contributed by atoms with Gasteiger partial charge in [-0.05, 0) is 35.9 Å². The summed E-state index contributed by atoms with van der Waals surface area (Å²) in [5.41, 5.74) is 2.36. The van der Waals surface area contributed by atoms with Crippen molar-refractivity contribution in [3.8, 4) is 27.8 Å².